The Morgan fingerprint density at radius 2 is 1.63 bits per heavy atom. The molecule has 0 aliphatic carbocycles. The van der Waals surface area contributed by atoms with Crippen LogP contribution in [0, 0.1) is 0 Å². The van der Waals surface area contributed by atoms with Gasteiger partial charge in [-0.2, -0.15) is 0 Å². The van der Waals surface area contributed by atoms with E-state index in [1.54, 1.807) is 0 Å². The van der Waals surface area contributed by atoms with Crippen molar-refractivity contribution in [2.24, 2.45) is 0 Å². The van der Waals surface area contributed by atoms with Gasteiger partial charge < -0.3 is 14.6 Å². The number of anilines is 3. The minimum atomic E-state index is -1.79. The van der Waals surface area contributed by atoms with Crippen LogP contribution >= 0.6 is 0 Å². The predicted octanol–water partition coefficient (Wildman–Crippen LogP) is 6.59. The molecule has 146 valence electrons. The van der Waals surface area contributed by atoms with Gasteiger partial charge in [-0.1, -0.05) is 20.8 Å². The van der Waals surface area contributed by atoms with Crippen LogP contribution in [0.4, 0.5) is 17.1 Å². The third-order valence-electron chi connectivity index (χ3n) is 5.96. The van der Waals surface area contributed by atoms with Gasteiger partial charge >= 0.3 is 0 Å². The van der Waals surface area contributed by atoms with Crippen LogP contribution in [0.2, 0.25) is 18.1 Å². The fourth-order valence-corrected chi connectivity index (χ4v) is 4.29. The molecule has 0 bridgehead atoms. The highest BCUT2D eigenvalue weighted by molar-refractivity contribution is 6.74. The standard InChI is InChI=1S/C23H34N2OSi/c1-17(2)25-15-14-18-16-20(10-13-22(18)25)24-19-8-11-21(12-9-19)26-27(6,7)23(3,4)5/h8-13,16-17,24H,14-15H2,1-7H3. The molecule has 1 N–H and O–H groups in total. The van der Waals surface area contributed by atoms with Gasteiger partial charge in [0, 0.05) is 29.6 Å². The van der Waals surface area contributed by atoms with Crippen LogP contribution in [0.5, 0.6) is 5.75 Å². The molecule has 1 heterocycles. The molecule has 1 aliphatic heterocycles. The van der Waals surface area contributed by atoms with Crippen molar-refractivity contribution in [3.8, 4) is 5.75 Å². The summed E-state index contributed by atoms with van der Waals surface area (Å²) < 4.78 is 6.37. The lowest BCUT2D eigenvalue weighted by Crippen LogP contribution is -2.43. The Kier molecular flexibility index (Phi) is 5.30. The van der Waals surface area contributed by atoms with Gasteiger partial charge in [-0.15, -0.1) is 0 Å². The van der Waals surface area contributed by atoms with E-state index in [2.05, 4.69) is 100 Å². The van der Waals surface area contributed by atoms with Crippen molar-refractivity contribution in [3.63, 3.8) is 0 Å². The second-order valence-electron chi connectivity index (χ2n) is 9.39. The van der Waals surface area contributed by atoms with Crippen molar-refractivity contribution in [2.75, 3.05) is 16.8 Å². The van der Waals surface area contributed by atoms with Gasteiger partial charge in [0.2, 0.25) is 8.32 Å². The fourth-order valence-electron chi connectivity index (χ4n) is 3.26. The molecule has 0 aromatic heterocycles. The molecule has 0 radical (unpaired) electrons. The number of fused-ring (bicyclic) bond motifs is 1. The zero-order valence-corrected chi connectivity index (χ0v) is 18.9. The van der Waals surface area contributed by atoms with Crippen molar-refractivity contribution in [1.82, 2.24) is 0 Å². The molecule has 2 aromatic rings. The maximum atomic E-state index is 6.37. The second kappa shape index (κ2) is 7.23. The molecule has 0 fully saturated rings. The number of nitrogens with zero attached hydrogens (tertiary/aromatic N) is 1. The van der Waals surface area contributed by atoms with E-state index in [0.717, 1.165) is 30.1 Å². The smallest absolute Gasteiger partial charge is 0.250 e. The van der Waals surface area contributed by atoms with Crippen LogP contribution < -0.4 is 14.6 Å². The number of benzene rings is 2. The molecular formula is C23H34N2OSi. The van der Waals surface area contributed by atoms with Gasteiger partial charge in [-0.25, -0.2) is 0 Å². The summed E-state index contributed by atoms with van der Waals surface area (Å²) >= 11 is 0. The van der Waals surface area contributed by atoms with E-state index < -0.39 is 8.32 Å². The van der Waals surface area contributed by atoms with Crippen LogP contribution in [0.15, 0.2) is 42.5 Å². The summed E-state index contributed by atoms with van der Waals surface area (Å²) in [6, 6.07) is 15.6. The lowest BCUT2D eigenvalue weighted by Gasteiger charge is -2.36. The number of hydrogen-bond acceptors (Lipinski definition) is 3. The SMILES string of the molecule is CC(C)N1CCc2cc(Nc3ccc(O[Si](C)(C)C(C)(C)C)cc3)ccc21. The second-order valence-corrected chi connectivity index (χ2v) is 14.1. The van der Waals surface area contributed by atoms with Crippen LogP contribution in [0.25, 0.3) is 0 Å². The molecule has 3 rings (SSSR count). The van der Waals surface area contributed by atoms with Gasteiger partial charge in [0.05, 0.1) is 0 Å². The molecule has 0 spiro atoms. The van der Waals surface area contributed by atoms with E-state index in [0.29, 0.717) is 6.04 Å². The summed E-state index contributed by atoms with van der Waals surface area (Å²) in [6.45, 7) is 17.0. The maximum absolute atomic E-state index is 6.37. The third-order valence-corrected chi connectivity index (χ3v) is 10.3. The van der Waals surface area contributed by atoms with Crippen LogP contribution in [0.3, 0.4) is 0 Å². The van der Waals surface area contributed by atoms with Crippen LogP contribution in [-0.4, -0.2) is 20.9 Å². The Morgan fingerprint density at radius 3 is 2.22 bits per heavy atom. The Bertz CT molecular complexity index is 791. The van der Waals surface area contributed by atoms with E-state index in [1.807, 2.05) is 0 Å². The molecule has 3 nitrogen and oxygen atoms in total. The highest BCUT2D eigenvalue weighted by atomic mass is 28.4. The van der Waals surface area contributed by atoms with Crippen molar-refractivity contribution >= 4 is 25.4 Å². The Morgan fingerprint density at radius 1 is 1.00 bits per heavy atom. The number of nitrogens with one attached hydrogen (secondary N) is 1. The molecule has 0 amide bonds. The molecule has 4 heteroatoms. The molecule has 27 heavy (non-hydrogen) atoms. The van der Waals surface area contributed by atoms with Crippen molar-refractivity contribution in [2.45, 2.75) is 65.2 Å². The minimum absolute atomic E-state index is 0.207. The molecule has 1 aliphatic rings. The Hall–Kier alpha value is -1.94. The first-order chi connectivity index (χ1) is 12.6. The Balaban J connectivity index is 1.69. The molecule has 0 unspecified atom stereocenters. The number of rotatable bonds is 5. The van der Waals surface area contributed by atoms with Crippen molar-refractivity contribution in [1.29, 1.82) is 0 Å². The average molecular weight is 383 g/mol. The third kappa shape index (κ3) is 4.32. The van der Waals surface area contributed by atoms with Gasteiger partial charge in [0.1, 0.15) is 5.75 Å². The summed E-state index contributed by atoms with van der Waals surface area (Å²) in [5.74, 6) is 0.966. The molecule has 2 aromatic carbocycles. The zero-order chi connectivity index (χ0) is 19.8. The average Bonchev–Trinajstić information content (AvgIpc) is 2.99. The zero-order valence-electron chi connectivity index (χ0n) is 17.9. The topological polar surface area (TPSA) is 24.5 Å². The first-order valence-electron chi connectivity index (χ1n) is 10.0. The lowest BCUT2D eigenvalue weighted by molar-refractivity contribution is 0.492. The molecule has 0 atom stereocenters. The van der Waals surface area contributed by atoms with E-state index in [-0.39, 0.29) is 5.04 Å². The highest BCUT2D eigenvalue weighted by Gasteiger charge is 2.38. The van der Waals surface area contributed by atoms with Crippen LogP contribution in [0.1, 0.15) is 40.2 Å². The maximum Gasteiger partial charge on any atom is 0.250 e. The van der Waals surface area contributed by atoms with Gasteiger partial charge in [-0.05, 0) is 86.4 Å². The largest absolute Gasteiger partial charge is 0.544 e. The summed E-state index contributed by atoms with van der Waals surface area (Å²) in [5, 5.41) is 3.74. The summed E-state index contributed by atoms with van der Waals surface area (Å²) in [4.78, 5) is 2.48. The summed E-state index contributed by atoms with van der Waals surface area (Å²) in [5.41, 5.74) is 5.06. The van der Waals surface area contributed by atoms with E-state index in [9.17, 15) is 0 Å². The fraction of sp³-hybridized carbons (Fsp3) is 0.478. The molecular weight excluding hydrogens is 348 g/mol. The first kappa shape index (κ1) is 19.8. The number of hydrogen-bond donors (Lipinski definition) is 1. The normalized spacial score (nSPS) is 14.4. The monoisotopic (exact) mass is 382 g/mol. The van der Waals surface area contributed by atoms with Crippen LogP contribution in [-0.2, 0) is 6.42 Å². The molecule has 0 saturated heterocycles. The van der Waals surface area contributed by atoms with E-state index in [1.165, 1.54) is 11.3 Å². The van der Waals surface area contributed by atoms with Crippen molar-refractivity contribution in [3.05, 3.63) is 48.0 Å². The Labute approximate surface area is 165 Å². The predicted molar refractivity (Wildman–Crippen MR) is 120 cm³/mol. The summed E-state index contributed by atoms with van der Waals surface area (Å²) in [7, 11) is -1.79. The van der Waals surface area contributed by atoms with E-state index in [4.69, 9.17) is 4.43 Å². The lowest BCUT2D eigenvalue weighted by atomic mass is 10.1. The van der Waals surface area contributed by atoms with E-state index >= 15 is 0 Å². The van der Waals surface area contributed by atoms with Gasteiger partial charge in [0.15, 0.2) is 0 Å². The van der Waals surface area contributed by atoms with Crippen molar-refractivity contribution < 1.29 is 4.43 Å². The van der Waals surface area contributed by atoms with Gasteiger partial charge in [-0.3, -0.25) is 0 Å². The quantitative estimate of drug-likeness (QED) is 0.591. The first-order valence-corrected chi connectivity index (χ1v) is 12.9. The molecule has 0 saturated carbocycles. The minimum Gasteiger partial charge on any atom is -0.544 e. The summed E-state index contributed by atoms with van der Waals surface area (Å²) in [6.07, 6.45) is 1.13. The highest BCUT2D eigenvalue weighted by Crippen LogP contribution is 2.38. The van der Waals surface area contributed by atoms with Gasteiger partial charge in [0.25, 0.3) is 0 Å².